The van der Waals surface area contributed by atoms with Gasteiger partial charge in [-0.15, -0.1) is 0 Å². The number of epoxide rings is 2. The number of phenols is 1. The molecule has 120 valence electrons. The van der Waals surface area contributed by atoms with Crippen molar-refractivity contribution in [2.24, 2.45) is 0 Å². The largest absolute Gasteiger partial charge is 0.508 e. The molecule has 3 rings (SSSR count). The SMILES string of the molecule is C(OCC1CO1)C1CO1.CN(C)C.Cc1ccc(O)cc1. The number of phenolic OH excluding ortho intramolecular Hbond substituents is 1. The van der Waals surface area contributed by atoms with Gasteiger partial charge >= 0.3 is 0 Å². The highest BCUT2D eigenvalue weighted by Gasteiger charge is 2.26. The Kier molecular flexibility index (Phi) is 8.30. The molecular weight excluding hydrogens is 270 g/mol. The van der Waals surface area contributed by atoms with Crippen LogP contribution in [-0.2, 0) is 14.2 Å². The minimum atomic E-state index is 0.329. The Morgan fingerprint density at radius 2 is 1.43 bits per heavy atom. The number of aryl methyl sites for hydroxylation is 1. The molecule has 0 bridgehead atoms. The summed E-state index contributed by atoms with van der Waals surface area (Å²) in [4.78, 5) is 2.00. The van der Waals surface area contributed by atoms with E-state index >= 15 is 0 Å². The molecule has 21 heavy (non-hydrogen) atoms. The smallest absolute Gasteiger partial charge is 0.115 e. The van der Waals surface area contributed by atoms with Gasteiger partial charge in [0.25, 0.3) is 0 Å². The van der Waals surface area contributed by atoms with E-state index in [4.69, 9.17) is 19.3 Å². The maximum Gasteiger partial charge on any atom is 0.115 e. The third-order valence-corrected chi connectivity index (χ3v) is 2.45. The van der Waals surface area contributed by atoms with Gasteiger partial charge in [0.05, 0.1) is 26.4 Å². The van der Waals surface area contributed by atoms with E-state index < -0.39 is 0 Å². The normalized spacial score (nSPS) is 21.8. The van der Waals surface area contributed by atoms with Gasteiger partial charge in [-0.05, 0) is 40.2 Å². The van der Waals surface area contributed by atoms with Gasteiger partial charge in [-0.3, -0.25) is 0 Å². The number of hydrogen-bond acceptors (Lipinski definition) is 5. The lowest BCUT2D eigenvalue weighted by molar-refractivity contribution is 0.102. The van der Waals surface area contributed by atoms with Crippen molar-refractivity contribution in [3.05, 3.63) is 29.8 Å². The van der Waals surface area contributed by atoms with E-state index in [-0.39, 0.29) is 0 Å². The Morgan fingerprint density at radius 3 is 1.71 bits per heavy atom. The Morgan fingerprint density at radius 1 is 1.05 bits per heavy atom. The van der Waals surface area contributed by atoms with Gasteiger partial charge in [-0.1, -0.05) is 17.7 Å². The van der Waals surface area contributed by atoms with Crippen molar-refractivity contribution in [3.8, 4) is 5.75 Å². The summed E-state index contributed by atoms with van der Waals surface area (Å²) in [5.74, 6) is 0.329. The summed E-state index contributed by atoms with van der Waals surface area (Å²) in [6.07, 6.45) is 0.785. The summed E-state index contributed by atoms with van der Waals surface area (Å²) in [6, 6.07) is 7.09. The first-order valence-corrected chi connectivity index (χ1v) is 7.15. The highest BCUT2D eigenvalue weighted by Crippen LogP contribution is 2.12. The molecule has 0 aliphatic carbocycles. The Balaban J connectivity index is 0.000000171. The minimum absolute atomic E-state index is 0.329. The van der Waals surface area contributed by atoms with Crippen LogP contribution < -0.4 is 0 Å². The zero-order valence-corrected chi connectivity index (χ0v) is 13.4. The summed E-state index contributed by atoms with van der Waals surface area (Å²) in [7, 11) is 6.00. The molecule has 2 aliphatic rings. The van der Waals surface area contributed by atoms with Crippen molar-refractivity contribution < 1.29 is 19.3 Å². The average Bonchev–Trinajstić information content (AvgIpc) is 3.27. The van der Waals surface area contributed by atoms with Crippen LogP contribution >= 0.6 is 0 Å². The van der Waals surface area contributed by atoms with Crippen LogP contribution in [0.2, 0.25) is 0 Å². The van der Waals surface area contributed by atoms with Crippen molar-refractivity contribution in [1.82, 2.24) is 4.90 Å². The molecule has 2 unspecified atom stereocenters. The molecule has 1 aromatic rings. The zero-order chi connectivity index (χ0) is 15.7. The van der Waals surface area contributed by atoms with Crippen LogP contribution in [0.15, 0.2) is 24.3 Å². The van der Waals surface area contributed by atoms with Crippen LogP contribution in [0.25, 0.3) is 0 Å². The van der Waals surface area contributed by atoms with Gasteiger partial charge in [-0.2, -0.15) is 0 Å². The maximum absolute atomic E-state index is 8.76. The van der Waals surface area contributed by atoms with E-state index in [1.54, 1.807) is 12.1 Å². The van der Waals surface area contributed by atoms with Gasteiger partial charge in [0.1, 0.15) is 18.0 Å². The van der Waals surface area contributed by atoms with Crippen LogP contribution in [0.4, 0.5) is 0 Å². The number of benzene rings is 1. The summed E-state index contributed by atoms with van der Waals surface area (Å²) >= 11 is 0. The first-order chi connectivity index (χ1) is 9.97. The molecule has 0 spiro atoms. The van der Waals surface area contributed by atoms with E-state index in [9.17, 15) is 0 Å². The van der Waals surface area contributed by atoms with E-state index in [1.165, 1.54) is 5.56 Å². The Hall–Kier alpha value is -1.14. The molecule has 0 radical (unpaired) electrons. The summed E-state index contributed by atoms with van der Waals surface area (Å²) in [6.45, 7) is 5.25. The summed E-state index contributed by atoms with van der Waals surface area (Å²) in [5.41, 5.74) is 1.17. The van der Waals surface area contributed by atoms with E-state index in [0.29, 0.717) is 18.0 Å². The average molecular weight is 297 g/mol. The predicted molar refractivity (Wildman–Crippen MR) is 82.8 cm³/mol. The molecule has 1 N–H and O–H groups in total. The zero-order valence-electron chi connectivity index (χ0n) is 13.4. The highest BCUT2D eigenvalue weighted by atomic mass is 16.6. The molecule has 0 aromatic heterocycles. The molecule has 2 heterocycles. The van der Waals surface area contributed by atoms with Crippen molar-refractivity contribution in [1.29, 1.82) is 0 Å². The summed E-state index contributed by atoms with van der Waals surface area (Å²) < 4.78 is 15.1. The first-order valence-electron chi connectivity index (χ1n) is 7.15. The van der Waals surface area contributed by atoms with Crippen molar-refractivity contribution in [2.75, 3.05) is 47.6 Å². The van der Waals surface area contributed by atoms with E-state index in [0.717, 1.165) is 26.4 Å². The second-order valence-corrected chi connectivity index (χ2v) is 5.63. The number of nitrogens with zero attached hydrogens (tertiary/aromatic N) is 1. The fourth-order valence-electron chi connectivity index (χ4n) is 1.20. The molecule has 5 heteroatoms. The fourth-order valence-corrected chi connectivity index (χ4v) is 1.20. The number of ether oxygens (including phenoxy) is 3. The van der Waals surface area contributed by atoms with Gasteiger partial charge in [-0.25, -0.2) is 0 Å². The van der Waals surface area contributed by atoms with Crippen LogP contribution in [0.1, 0.15) is 5.56 Å². The molecular formula is C16H27NO4. The molecule has 0 amide bonds. The lowest BCUT2D eigenvalue weighted by Crippen LogP contribution is -2.06. The Bertz CT molecular complexity index is 337. The van der Waals surface area contributed by atoms with Crippen molar-refractivity contribution in [3.63, 3.8) is 0 Å². The van der Waals surface area contributed by atoms with Crippen LogP contribution in [0, 0.1) is 6.92 Å². The molecule has 2 atom stereocenters. The molecule has 1 aromatic carbocycles. The Labute approximate surface area is 127 Å². The van der Waals surface area contributed by atoms with Crippen molar-refractivity contribution in [2.45, 2.75) is 19.1 Å². The molecule has 2 fully saturated rings. The van der Waals surface area contributed by atoms with Gasteiger partial charge < -0.3 is 24.2 Å². The van der Waals surface area contributed by atoms with E-state index in [1.807, 2.05) is 45.1 Å². The topological polar surface area (TPSA) is 57.8 Å². The fraction of sp³-hybridized carbons (Fsp3) is 0.625. The van der Waals surface area contributed by atoms with Crippen molar-refractivity contribution >= 4 is 0 Å². The third kappa shape index (κ3) is 12.3. The van der Waals surface area contributed by atoms with E-state index in [2.05, 4.69) is 0 Å². The highest BCUT2D eigenvalue weighted by molar-refractivity contribution is 5.24. The lowest BCUT2D eigenvalue weighted by Gasteiger charge is -1.95. The second-order valence-electron chi connectivity index (χ2n) is 5.63. The van der Waals surface area contributed by atoms with Crippen LogP contribution in [0.5, 0.6) is 5.75 Å². The second kappa shape index (κ2) is 9.73. The molecule has 5 nitrogen and oxygen atoms in total. The predicted octanol–water partition coefficient (Wildman–Crippen LogP) is 1.68. The number of rotatable bonds is 4. The number of aromatic hydroxyl groups is 1. The third-order valence-electron chi connectivity index (χ3n) is 2.45. The molecule has 0 saturated carbocycles. The van der Waals surface area contributed by atoms with Crippen LogP contribution in [-0.4, -0.2) is 69.8 Å². The van der Waals surface area contributed by atoms with Crippen LogP contribution in [0.3, 0.4) is 0 Å². The maximum atomic E-state index is 8.76. The van der Waals surface area contributed by atoms with Gasteiger partial charge in [0, 0.05) is 0 Å². The lowest BCUT2D eigenvalue weighted by atomic mass is 10.2. The van der Waals surface area contributed by atoms with Gasteiger partial charge in [0.15, 0.2) is 0 Å². The number of hydrogen-bond donors (Lipinski definition) is 1. The molecule has 2 aliphatic heterocycles. The standard InChI is InChI=1S/C7H8O.C6H10O3.C3H9N/c1-6-2-4-7(8)5-3-6;1(5-3-8-5)7-2-6-4-9-6;1-4(2)3/h2-5,8H,1H3;5-6H,1-4H2;1-3H3. The monoisotopic (exact) mass is 297 g/mol. The quantitative estimate of drug-likeness (QED) is 0.857. The van der Waals surface area contributed by atoms with Gasteiger partial charge in [0.2, 0.25) is 0 Å². The molecule has 2 saturated heterocycles. The summed E-state index contributed by atoms with van der Waals surface area (Å²) in [5, 5.41) is 8.76. The minimum Gasteiger partial charge on any atom is -0.508 e. The first kappa shape index (κ1) is 17.9.